The van der Waals surface area contributed by atoms with E-state index < -0.39 is 0 Å². The Hall–Kier alpha value is -1.90. The average molecular weight is 307 g/mol. The first-order valence-corrected chi connectivity index (χ1v) is 8.80. The molecule has 1 aromatic rings. The number of nitrogens with zero attached hydrogens (tertiary/aromatic N) is 1. The van der Waals surface area contributed by atoms with Gasteiger partial charge in [0.15, 0.2) is 0 Å². The summed E-state index contributed by atoms with van der Waals surface area (Å²) in [4.78, 5) is 26.8. The zero-order valence-electron chi connectivity index (χ0n) is 13.2. The largest absolute Gasteiger partial charge is 0.299 e. The number of amides is 1. The van der Waals surface area contributed by atoms with E-state index in [1.165, 1.54) is 19.3 Å². The maximum Gasteiger partial charge on any atom is 0.299 e. The van der Waals surface area contributed by atoms with Crippen LogP contribution in [0.3, 0.4) is 0 Å². The van der Waals surface area contributed by atoms with Gasteiger partial charge in [-0.3, -0.25) is 14.5 Å². The highest BCUT2D eigenvalue weighted by Crippen LogP contribution is 2.59. The number of benzene rings is 1. The number of carbonyl (C=O) groups is 2. The highest BCUT2D eigenvalue weighted by Gasteiger charge is 2.57. The van der Waals surface area contributed by atoms with Crippen LogP contribution in [0.1, 0.15) is 44.1 Å². The fourth-order valence-electron chi connectivity index (χ4n) is 6.10. The van der Waals surface area contributed by atoms with E-state index in [-0.39, 0.29) is 17.2 Å². The average Bonchev–Trinajstić information content (AvgIpc) is 2.83. The van der Waals surface area contributed by atoms with Gasteiger partial charge in [0, 0.05) is 11.6 Å². The summed E-state index contributed by atoms with van der Waals surface area (Å²) in [7, 11) is 0. The van der Waals surface area contributed by atoms with Crippen molar-refractivity contribution in [3.05, 3.63) is 42.0 Å². The van der Waals surface area contributed by atoms with Crippen molar-refractivity contribution in [2.75, 3.05) is 0 Å². The van der Waals surface area contributed by atoms with Gasteiger partial charge < -0.3 is 0 Å². The lowest BCUT2D eigenvalue weighted by Crippen LogP contribution is -2.60. The number of ketones is 1. The van der Waals surface area contributed by atoms with Gasteiger partial charge in [0.05, 0.1) is 5.70 Å². The van der Waals surface area contributed by atoms with Crippen molar-refractivity contribution in [1.82, 2.24) is 4.90 Å². The molecule has 4 aliphatic carbocycles. The van der Waals surface area contributed by atoms with Gasteiger partial charge in [-0.1, -0.05) is 30.3 Å². The third-order valence-electron chi connectivity index (χ3n) is 6.47. The Balaban J connectivity index is 1.59. The molecule has 1 aliphatic heterocycles. The zero-order valence-corrected chi connectivity index (χ0v) is 13.2. The number of rotatable bonds is 2. The zero-order chi connectivity index (χ0) is 15.6. The minimum Gasteiger partial charge on any atom is -0.299 e. The standard InChI is InChI=1S/C20H21NO2/c22-18-9-17(16-4-2-1-3-5-16)21(19(18)23)20-10-13-6-14(11-20)8-15(7-13)12-20/h1-5,9,13-15H,6-8,10-12H2. The summed E-state index contributed by atoms with van der Waals surface area (Å²) >= 11 is 0. The van der Waals surface area contributed by atoms with E-state index in [9.17, 15) is 9.59 Å². The van der Waals surface area contributed by atoms with Crippen molar-refractivity contribution < 1.29 is 9.59 Å². The summed E-state index contributed by atoms with van der Waals surface area (Å²) in [5.41, 5.74) is 1.73. The Labute approximate surface area is 136 Å². The van der Waals surface area contributed by atoms with Gasteiger partial charge in [0.1, 0.15) is 0 Å². The molecule has 0 spiro atoms. The maximum absolute atomic E-state index is 12.7. The summed E-state index contributed by atoms with van der Waals surface area (Å²) in [6, 6.07) is 9.93. The Bertz CT molecular complexity index is 683. The van der Waals surface area contributed by atoms with Crippen molar-refractivity contribution in [3.8, 4) is 0 Å². The number of carbonyl (C=O) groups excluding carboxylic acids is 2. The lowest BCUT2D eigenvalue weighted by molar-refractivity contribution is -0.148. The van der Waals surface area contributed by atoms with Crippen LogP contribution in [0.2, 0.25) is 0 Å². The van der Waals surface area contributed by atoms with E-state index >= 15 is 0 Å². The van der Waals surface area contributed by atoms with E-state index in [0.717, 1.165) is 48.3 Å². The van der Waals surface area contributed by atoms with Crippen LogP contribution in [0.15, 0.2) is 36.4 Å². The molecule has 5 aliphatic rings. The molecule has 1 amide bonds. The third-order valence-corrected chi connectivity index (χ3v) is 6.47. The van der Waals surface area contributed by atoms with Crippen LogP contribution in [0, 0.1) is 17.8 Å². The van der Waals surface area contributed by atoms with E-state index in [1.807, 2.05) is 35.2 Å². The van der Waals surface area contributed by atoms with Crippen molar-refractivity contribution in [2.24, 2.45) is 17.8 Å². The first-order chi connectivity index (χ1) is 11.1. The first kappa shape index (κ1) is 13.5. The van der Waals surface area contributed by atoms with E-state index in [1.54, 1.807) is 6.08 Å². The second-order valence-corrected chi connectivity index (χ2v) is 8.04. The maximum atomic E-state index is 12.7. The molecule has 0 unspecified atom stereocenters. The molecule has 1 heterocycles. The molecule has 0 atom stereocenters. The molecule has 23 heavy (non-hydrogen) atoms. The fraction of sp³-hybridized carbons (Fsp3) is 0.500. The second kappa shape index (κ2) is 4.56. The van der Waals surface area contributed by atoms with Crippen LogP contribution in [-0.2, 0) is 9.59 Å². The highest BCUT2D eigenvalue weighted by atomic mass is 16.2. The van der Waals surface area contributed by atoms with Gasteiger partial charge in [-0.15, -0.1) is 0 Å². The molecule has 0 radical (unpaired) electrons. The summed E-state index contributed by atoms with van der Waals surface area (Å²) < 4.78 is 0. The molecule has 118 valence electrons. The van der Waals surface area contributed by atoms with E-state index in [4.69, 9.17) is 0 Å². The summed E-state index contributed by atoms with van der Waals surface area (Å²) in [6.45, 7) is 0. The molecular formula is C20H21NO2. The molecule has 6 rings (SSSR count). The minimum absolute atomic E-state index is 0.0976. The predicted molar refractivity (Wildman–Crippen MR) is 87.2 cm³/mol. The van der Waals surface area contributed by atoms with Crippen molar-refractivity contribution in [1.29, 1.82) is 0 Å². The molecule has 3 heteroatoms. The Morgan fingerprint density at radius 3 is 2.00 bits per heavy atom. The molecule has 4 bridgehead atoms. The molecule has 3 nitrogen and oxygen atoms in total. The summed E-state index contributed by atoms with van der Waals surface area (Å²) in [6.07, 6.45) is 8.82. The Morgan fingerprint density at radius 2 is 1.43 bits per heavy atom. The number of hydrogen-bond acceptors (Lipinski definition) is 2. The van der Waals surface area contributed by atoms with Gasteiger partial charge >= 0.3 is 0 Å². The van der Waals surface area contributed by atoms with Crippen molar-refractivity contribution in [2.45, 2.75) is 44.1 Å². The van der Waals surface area contributed by atoms with Crippen LogP contribution in [-0.4, -0.2) is 22.1 Å². The van der Waals surface area contributed by atoms with Gasteiger partial charge in [0.25, 0.3) is 5.91 Å². The lowest BCUT2D eigenvalue weighted by Gasteiger charge is -2.60. The van der Waals surface area contributed by atoms with Crippen LogP contribution in [0.4, 0.5) is 0 Å². The van der Waals surface area contributed by atoms with Gasteiger partial charge in [-0.25, -0.2) is 0 Å². The second-order valence-electron chi connectivity index (χ2n) is 8.04. The molecule has 0 saturated heterocycles. The summed E-state index contributed by atoms with van der Waals surface area (Å²) in [5, 5.41) is 0. The SMILES string of the molecule is O=C1C=C(c2ccccc2)N(C23CC4CC(CC(C4)C2)C3)C1=O. The number of hydrogen-bond donors (Lipinski definition) is 0. The van der Waals surface area contributed by atoms with Crippen LogP contribution < -0.4 is 0 Å². The van der Waals surface area contributed by atoms with Gasteiger partial charge in [-0.2, -0.15) is 0 Å². The van der Waals surface area contributed by atoms with E-state index in [2.05, 4.69) is 0 Å². The normalized spacial score (nSPS) is 38.3. The molecule has 0 N–H and O–H groups in total. The molecule has 1 aromatic carbocycles. The van der Waals surface area contributed by atoms with Crippen LogP contribution in [0.25, 0.3) is 5.70 Å². The minimum atomic E-state index is -0.348. The van der Waals surface area contributed by atoms with Gasteiger partial charge in [0.2, 0.25) is 5.78 Å². The van der Waals surface area contributed by atoms with Crippen LogP contribution in [0.5, 0.6) is 0 Å². The smallest absolute Gasteiger partial charge is 0.299 e. The Morgan fingerprint density at radius 1 is 0.870 bits per heavy atom. The van der Waals surface area contributed by atoms with Crippen LogP contribution >= 0.6 is 0 Å². The molecule has 0 aromatic heterocycles. The third kappa shape index (κ3) is 1.89. The molecular weight excluding hydrogens is 286 g/mol. The van der Waals surface area contributed by atoms with E-state index in [0.29, 0.717) is 0 Å². The lowest BCUT2D eigenvalue weighted by atomic mass is 9.52. The predicted octanol–water partition coefficient (Wildman–Crippen LogP) is 3.41. The fourth-order valence-corrected chi connectivity index (χ4v) is 6.10. The highest BCUT2D eigenvalue weighted by molar-refractivity contribution is 6.46. The van der Waals surface area contributed by atoms with Crippen molar-refractivity contribution >= 4 is 17.4 Å². The quantitative estimate of drug-likeness (QED) is 0.785. The van der Waals surface area contributed by atoms with Crippen molar-refractivity contribution in [3.63, 3.8) is 0 Å². The van der Waals surface area contributed by atoms with Gasteiger partial charge in [-0.05, 0) is 61.8 Å². The monoisotopic (exact) mass is 307 g/mol. The summed E-state index contributed by atoms with van der Waals surface area (Å²) in [5.74, 6) is 1.61. The topological polar surface area (TPSA) is 37.4 Å². The molecule has 4 saturated carbocycles. The Kier molecular flexibility index (Phi) is 2.68. The molecule has 4 fully saturated rings. The first-order valence-electron chi connectivity index (χ1n) is 8.80.